The normalized spacial score (nSPS) is 13.7. The topological polar surface area (TPSA) is 68.1 Å². The number of aromatic nitrogens is 3. The molecule has 1 heterocycles. The van der Waals surface area contributed by atoms with Crippen molar-refractivity contribution in [2.24, 2.45) is 0 Å². The van der Waals surface area contributed by atoms with E-state index in [0.29, 0.717) is 17.4 Å². The summed E-state index contributed by atoms with van der Waals surface area (Å²) in [6.07, 6.45) is 2.12. The van der Waals surface area contributed by atoms with Gasteiger partial charge in [0.1, 0.15) is 11.3 Å². The molecule has 0 unspecified atom stereocenters. The van der Waals surface area contributed by atoms with Crippen molar-refractivity contribution in [2.75, 3.05) is 0 Å². The van der Waals surface area contributed by atoms with Gasteiger partial charge in [-0.25, -0.2) is 9.07 Å². The average Bonchev–Trinajstić information content (AvgIpc) is 3.52. The molecule has 1 aliphatic carbocycles. The Morgan fingerprint density at radius 3 is 2.63 bits per heavy atom. The third-order valence-corrected chi connectivity index (χ3v) is 4.74. The second-order valence-electron chi connectivity index (χ2n) is 6.76. The van der Waals surface area contributed by atoms with Gasteiger partial charge in [-0.1, -0.05) is 29.5 Å². The molecule has 6 nitrogen and oxygen atoms in total. The molecule has 2 aromatic carbocycles. The third kappa shape index (κ3) is 3.86. The van der Waals surface area contributed by atoms with Crippen LogP contribution in [0.1, 0.15) is 24.8 Å². The van der Waals surface area contributed by atoms with Crippen LogP contribution in [0.25, 0.3) is 10.9 Å². The number of carbonyl (C=O) groups is 1. The number of fused-ring (bicyclic) bond motifs is 1. The van der Waals surface area contributed by atoms with Crippen LogP contribution in [0.3, 0.4) is 0 Å². The Kier molecular flexibility index (Phi) is 4.66. The maximum absolute atomic E-state index is 13.1. The number of hydrogen-bond acceptors (Lipinski definition) is 4. The molecule has 0 radical (unpaired) electrons. The summed E-state index contributed by atoms with van der Waals surface area (Å²) >= 11 is 0. The molecule has 0 saturated heterocycles. The molecule has 4 rings (SSSR count). The number of benzene rings is 2. The van der Waals surface area contributed by atoms with E-state index in [4.69, 9.17) is 0 Å². The van der Waals surface area contributed by atoms with Gasteiger partial charge in [0.05, 0.1) is 11.9 Å². The van der Waals surface area contributed by atoms with Crippen LogP contribution < -0.4 is 5.56 Å². The van der Waals surface area contributed by atoms with Gasteiger partial charge in [0, 0.05) is 19.0 Å². The van der Waals surface area contributed by atoms with Crippen LogP contribution >= 0.6 is 0 Å². The summed E-state index contributed by atoms with van der Waals surface area (Å²) in [4.78, 5) is 27.0. The summed E-state index contributed by atoms with van der Waals surface area (Å²) in [7, 11) is 0. The van der Waals surface area contributed by atoms with Gasteiger partial charge in [-0.3, -0.25) is 9.59 Å². The number of halogens is 1. The molecule has 7 heteroatoms. The quantitative estimate of drug-likeness (QED) is 0.672. The van der Waals surface area contributed by atoms with Gasteiger partial charge in [-0.2, -0.15) is 0 Å². The minimum atomic E-state index is -0.294. The second kappa shape index (κ2) is 7.26. The monoisotopic (exact) mass is 366 g/mol. The Morgan fingerprint density at radius 2 is 1.89 bits per heavy atom. The highest BCUT2D eigenvalue weighted by Crippen LogP contribution is 2.29. The van der Waals surface area contributed by atoms with E-state index >= 15 is 0 Å². The first-order valence-corrected chi connectivity index (χ1v) is 8.98. The van der Waals surface area contributed by atoms with Crippen molar-refractivity contribution in [3.05, 3.63) is 70.3 Å². The van der Waals surface area contributed by atoms with Crippen LogP contribution in [0.15, 0.2) is 53.3 Å². The van der Waals surface area contributed by atoms with E-state index in [1.54, 1.807) is 36.4 Å². The van der Waals surface area contributed by atoms with Gasteiger partial charge in [0.15, 0.2) is 0 Å². The summed E-state index contributed by atoms with van der Waals surface area (Å²) in [6.45, 7) is 0.629. The van der Waals surface area contributed by atoms with E-state index in [9.17, 15) is 14.0 Å². The first-order valence-electron chi connectivity index (χ1n) is 8.98. The molecule has 0 atom stereocenters. The summed E-state index contributed by atoms with van der Waals surface area (Å²) < 4.78 is 14.3. The Bertz CT molecular complexity index is 1030. The van der Waals surface area contributed by atoms with Gasteiger partial charge >= 0.3 is 0 Å². The average molecular weight is 366 g/mol. The van der Waals surface area contributed by atoms with E-state index < -0.39 is 0 Å². The Morgan fingerprint density at radius 1 is 1.15 bits per heavy atom. The molecule has 0 N–H and O–H groups in total. The highest BCUT2D eigenvalue weighted by Gasteiger charge is 2.32. The Labute approximate surface area is 155 Å². The number of carbonyl (C=O) groups excluding carboxylic acids is 1. The molecule has 1 amide bonds. The molecule has 27 heavy (non-hydrogen) atoms. The molecule has 138 valence electrons. The highest BCUT2D eigenvalue weighted by atomic mass is 19.1. The molecule has 0 spiro atoms. The Hall–Kier alpha value is -3.09. The van der Waals surface area contributed by atoms with Crippen LogP contribution in [-0.2, 0) is 17.9 Å². The van der Waals surface area contributed by atoms with E-state index in [0.717, 1.165) is 18.4 Å². The van der Waals surface area contributed by atoms with Crippen molar-refractivity contribution in [3.8, 4) is 0 Å². The van der Waals surface area contributed by atoms with Gasteiger partial charge < -0.3 is 4.90 Å². The second-order valence-corrected chi connectivity index (χ2v) is 6.76. The van der Waals surface area contributed by atoms with Crippen molar-refractivity contribution in [2.45, 2.75) is 38.4 Å². The van der Waals surface area contributed by atoms with Crippen molar-refractivity contribution in [1.29, 1.82) is 0 Å². The number of amides is 1. The zero-order chi connectivity index (χ0) is 18.8. The van der Waals surface area contributed by atoms with Crippen molar-refractivity contribution < 1.29 is 9.18 Å². The van der Waals surface area contributed by atoms with E-state index in [2.05, 4.69) is 10.3 Å². The summed E-state index contributed by atoms with van der Waals surface area (Å²) in [5, 5.41) is 8.47. The van der Waals surface area contributed by atoms with Crippen LogP contribution in [0, 0.1) is 5.82 Å². The molecular weight excluding hydrogens is 347 g/mol. The molecule has 1 saturated carbocycles. The van der Waals surface area contributed by atoms with Crippen LogP contribution in [0.4, 0.5) is 4.39 Å². The number of hydrogen-bond donors (Lipinski definition) is 0. The van der Waals surface area contributed by atoms with E-state index in [1.807, 2.05) is 4.90 Å². The largest absolute Gasteiger partial charge is 0.335 e. The van der Waals surface area contributed by atoms with Crippen molar-refractivity contribution >= 4 is 16.8 Å². The lowest BCUT2D eigenvalue weighted by Gasteiger charge is -2.22. The van der Waals surface area contributed by atoms with Gasteiger partial charge in [0.25, 0.3) is 5.56 Å². The van der Waals surface area contributed by atoms with Gasteiger partial charge in [0.2, 0.25) is 5.91 Å². The number of nitrogens with zero attached hydrogens (tertiary/aromatic N) is 4. The molecule has 1 aliphatic rings. The van der Waals surface area contributed by atoms with Crippen molar-refractivity contribution in [1.82, 2.24) is 19.9 Å². The fraction of sp³-hybridized carbons (Fsp3) is 0.300. The maximum atomic E-state index is 13.1. The first kappa shape index (κ1) is 17.3. The summed E-state index contributed by atoms with van der Waals surface area (Å²) in [5.41, 5.74) is 1.19. The zero-order valence-electron chi connectivity index (χ0n) is 14.7. The minimum absolute atomic E-state index is 0.0383. The zero-order valence-corrected chi connectivity index (χ0v) is 14.7. The fourth-order valence-corrected chi connectivity index (χ4v) is 3.11. The van der Waals surface area contributed by atoms with Crippen molar-refractivity contribution in [3.63, 3.8) is 0 Å². The van der Waals surface area contributed by atoms with Gasteiger partial charge in [-0.15, -0.1) is 5.10 Å². The van der Waals surface area contributed by atoms with Crippen LogP contribution in [0.5, 0.6) is 0 Å². The maximum Gasteiger partial charge on any atom is 0.277 e. The lowest BCUT2D eigenvalue weighted by Crippen LogP contribution is -2.34. The number of rotatable bonds is 6. The lowest BCUT2D eigenvalue weighted by molar-refractivity contribution is -0.132. The standard InChI is InChI=1S/C20H19FN4O2/c21-15-7-5-14(6-8-15)13-24(16-9-10-16)19(26)11-12-25-20(27)17-3-1-2-4-18(17)22-23-25/h1-8,16H,9-13H2. The lowest BCUT2D eigenvalue weighted by atomic mass is 10.2. The molecule has 0 aliphatic heterocycles. The predicted molar refractivity (Wildman–Crippen MR) is 98.4 cm³/mol. The van der Waals surface area contributed by atoms with E-state index in [-0.39, 0.29) is 36.3 Å². The highest BCUT2D eigenvalue weighted by molar-refractivity contribution is 5.77. The molecular formula is C20H19FN4O2. The van der Waals surface area contributed by atoms with Gasteiger partial charge in [-0.05, 0) is 42.7 Å². The summed E-state index contributed by atoms with van der Waals surface area (Å²) in [6, 6.07) is 13.4. The first-order chi connectivity index (χ1) is 13.1. The predicted octanol–water partition coefficient (Wildman–Crippen LogP) is 2.51. The SMILES string of the molecule is O=C(CCn1nnc2ccccc2c1=O)N(Cc1ccc(F)cc1)C1CC1. The number of aryl methyl sites for hydroxylation is 1. The molecule has 1 fully saturated rings. The molecule has 0 bridgehead atoms. The molecule has 1 aromatic heterocycles. The van der Waals surface area contributed by atoms with Crippen LogP contribution in [-0.4, -0.2) is 31.8 Å². The van der Waals surface area contributed by atoms with E-state index in [1.165, 1.54) is 16.8 Å². The third-order valence-electron chi connectivity index (χ3n) is 4.74. The minimum Gasteiger partial charge on any atom is -0.335 e. The summed E-state index contributed by atoms with van der Waals surface area (Å²) in [5.74, 6) is -0.332. The fourth-order valence-electron chi connectivity index (χ4n) is 3.11. The Balaban J connectivity index is 1.46. The molecule has 3 aromatic rings. The van der Waals surface area contributed by atoms with Crippen LogP contribution in [0.2, 0.25) is 0 Å². The smallest absolute Gasteiger partial charge is 0.277 e.